The molecule has 60 valence electrons. The van der Waals surface area contributed by atoms with E-state index in [0.29, 0.717) is 12.6 Å². The summed E-state index contributed by atoms with van der Waals surface area (Å²) in [4.78, 5) is 0. The highest BCUT2D eigenvalue weighted by Gasteiger charge is 1.95. The van der Waals surface area contributed by atoms with Gasteiger partial charge in [-0.25, -0.2) is 0 Å². The Kier molecular flexibility index (Phi) is 2.93. The SMILES string of the molecule is C[C@H](CN)Nc1ccccc1. The number of para-hydroxylation sites is 1. The van der Waals surface area contributed by atoms with Crippen LogP contribution in [0.4, 0.5) is 5.69 Å². The van der Waals surface area contributed by atoms with E-state index in [1.165, 1.54) is 0 Å². The summed E-state index contributed by atoms with van der Waals surface area (Å²) in [6, 6.07) is 10.4. The van der Waals surface area contributed by atoms with E-state index in [1.807, 2.05) is 30.3 Å². The molecule has 0 unspecified atom stereocenters. The molecular formula is C9H14N2. The van der Waals surface area contributed by atoms with Crippen LogP contribution in [0.2, 0.25) is 0 Å². The van der Waals surface area contributed by atoms with Crippen LogP contribution >= 0.6 is 0 Å². The summed E-state index contributed by atoms with van der Waals surface area (Å²) in [7, 11) is 0. The molecule has 0 bridgehead atoms. The molecule has 11 heavy (non-hydrogen) atoms. The molecule has 1 aromatic carbocycles. The fourth-order valence-corrected chi connectivity index (χ4v) is 0.878. The van der Waals surface area contributed by atoms with Crippen molar-refractivity contribution in [3.8, 4) is 0 Å². The van der Waals surface area contributed by atoms with E-state index >= 15 is 0 Å². The van der Waals surface area contributed by atoms with E-state index in [1.54, 1.807) is 0 Å². The van der Waals surface area contributed by atoms with Gasteiger partial charge in [0.05, 0.1) is 0 Å². The molecule has 0 fully saturated rings. The third kappa shape index (κ3) is 2.60. The molecular weight excluding hydrogens is 136 g/mol. The molecule has 0 aliphatic heterocycles. The molecule has 3 N–H and O–H groups in total. The Balaban J connectivity index is 2.51. The van der Waals surface area contributed by atoms with Crippen molar-refractivity contribution in [2.75, 3.05) is 11.9 Å². The molecule has 0 saturated carbocycles. The molecule has 0 saturated heterocycles. The van der Waals surface area contributed by atoms with Crippen LogP contribution in [0.5, 0.6) is 0 Å². The number of rotatable bonds is 3. The molecule has 0 heterocycles. The number of nitrogens with one attached hydrogen (secondary N) is 1. The first-order chi connectivity index (χ1) is 5.33. The second-order valence-electron chi connectivity index (χ2n) is 2.65. The molecule has 1 rings (SSSR count). The Morgan fingerprint density at radius 3 is 2.55 bits per heavy atom. The van der Waals surface area contributed by atoms with Crippen molar-refractivity contribution < 1.29 is 0 Å². The molecule has 1 aromatic rings. The normalized spacial score (nSPS) is 12.5. The van der Waals surface area contributed by atoms with Crippen molar-refractivity contribution in [1.82, 2.24) is 0 Å². The lowest BCUT2D eigenvalue weighted by atomic mass is 10.3. The van der Waals surface area contributed by atoms with Crippen LogP contribution in [0.3, 0.4) is 0 Å². The third-order valence-corrected chi connectivity index (χ3v) is 1.54. The van der Waals surface area contributed by atoms with Gasteiger partial charge in [-0.2, -0.15) is 0 Å². The predicted octanol–water partition coefficient (Wildman–Crippen LogP) is 1.45. The Morgan fingerprint density at radius 1 is 1.36 bits per heavy atom. The van der Waals surface area contributed by atoms with E-state index in [-0.39, 0.29) is 0 Å². The lowest BCUT2D eigenvalue weighted by molar-refractivity contribution is 0.804. The van der Waals surface area contributed by atoms with Crippen LogP contribution in [0.15, 0.2) is 30.3 Å². The summed E-state index contributed by atoms with van der Waals surface area (Å²) < 4.78 is 0. The smallest absolute Gasteiger partial charge is 0.0355 e. The lowest BCUT2D eigenvalue weighted by Crippen LogP contribution is -2.24. The molecule has 1 atom stereocenters. The summed E-state index contributed by atoms with van der Waals surface area (Å²) in [6.45, 7) is 2.72. The van der Waals surface area contributed by atoms with E-state index in [2.05, 4.69) is 12.2 Å². The van der Waals surface area contributed by atoms with Crippen LogP contribution in [0.25, 0.3) is 0 Å². The van der Waals surface area contributed by atoms with Crippen molar-refractivity contribution in [3.05, 3.63) is 30.3 Å². The van der Waals surface area contributed by atoms with Gasteiger partial charge in [0, 0.05) is 18.3 Å². The highest BCUT2D eigenvalue weighted by molar-refractivity contribution is 5.43. The number of benzene rings is 1. The quantitative estimate of drug-likeness (QED) is 0.684. The number of hydrogen-bond acceptors (Lipinski definition) is 2. The molecule has 2 nitrogen and oxygen atoms in total. The van der Waals surface area contributed by atoms with Crippen molar-refractivity contribution >= 4 is 5.69 Å². The summed E-state index contributed by atoms with van der Waals surface area (Å²) in [5.74, 6) is 0. The second kappa shape index (κ2) is 3.98. The Morgan fingerprint density at radius 2 is 2.00 bits per heavy atom. The largest absolute Gasteiger partial charge is 0.381 e. The van der Waals surface area contributed by atoms with Gasteiger partial charge in [-0.3, -0.25) is 0 Å². The maximum Gasteiger partial charge on any atom is 0.0355 e. The average Bonchev–Trinajstić information content (AvgIpc) is 2.06. The van der Waals surface area contributed by atoms with Crippen LogP contribution in [-0.4, -0.2) is 12.6 Å². The standard InChI is InChI=1S/C9H14N2/c1-8(7-10)11-9-5-3-2-4-6-9/h2-6,8,11H,7,10H2,1H3/t8-/m1/s1. The van der Waals surface area contributed by atoms with Crippen LogP contribution < -0.4 is 11.1 Å². The van der Waals surface area contributed by atoms with Crippen LogP contribution in [0, 0.1) is 0 Å². The van der Waals surface area contributed by atoms with E-state index in [4.69, 9.17) is 5.73 Å². The molecule has 0 spiro atoms. The summed E-state index contributed by atoms with van der Waals surface area (Å²) >= 11 is 0. The second-order valence-corrected chi connectivity index (χ2v) is 2.65. The first-order valence-corrected chi connectivity index (χ1v) is 3.84. The van der Waals surface area contributed by atoms with Crippen molar-refractivity contribution in [3.63, 3.8) is 0 Å². The monoisotopic (exact) mass is 150 g/mol. The maximum absolute atomic E-state index is 5.46. The fraction of sp³-hybridized carbons (Fsp3) is 0.333. The highest BCUT2D eigenvalue weighted by atomic mass is 14.9. The maximum atomic E-state index is 5.46. The lowest BCUT2D eigenvalue weighted by Gasteiger charge is -2.11. The van der Waals surface area contributed by atoms with E-state index in [9.17, 15) is 0 Å². The van der Waals surface area contributed by atoms with Gasteiger partial charge in [0.1, 0.15) is 0 Å². The van der Waals surface area contributed by atoms with Gasteiger partial charge in [-0.05, 0) is 19.1 Å². The minimum Gasteiger partial charge on any atom is -0.381 e. The van der Waals surface area contributed by atoms with Crippen LogP contribution in [0.1, 0.15) is 6.92 Å². The third-order valence-electron chi connectivity index (χ3n) is 1.54. The first-order valence-electron chi connectivity index (χ1n) is 3.84. The zero-order valence-electron chi connectivity index (χ0n) is 6.75. The zero-order valence-corrected chi connectivity index (χ0v) is 6.75. The molecule has 0 aliphatic rings. The summed E-state index contributed by atoms with van der Waals surface area (Å²) in [5, 5.41) is 3.27. The van der Waals surface area contributed by atoms with Gasteiger partial charge in [0.15, 0.2) is 0 Å². The predicted molar refractivity (Wildman–Crippen MR) is 48.6 cm³/mol. The van der Waals surface area contributed by atoms with E-state index in [0.717, 1.165) is 5.69 Å². The average molecular weight is 150 g/mol. The van der Waals surface area contributed by atoms with Gasteiger partial charge < -0.3 is 11.1 Å². The van der Waals surface area contributed by atoms with Crippen LogP contribution in [-0.2, 0) is 0 Å². The van der Waals surface area contributed by atoms with E-state index < -0.39 is 0 Å². The van der Waals surface area contributed by atoms with Gasteiger partial charge in [-0.15, -0.1) is 0 Å². The first kappa shape index (κ1) is 8.08. The number of nitrogens with two attached hydrogens (primary N) is 1. The minimum absolute atomic E-state index is 0.345. The van der Waals surface area contributed by atoms with Gasteiger partial charge in [0.2, 0.25) is 0 Å². The van der Waals surface area contributed by atoms with Gasteiger partial charge in [-0.1, -0.05) is 18.2 Å². The Labute approximate surface area is 67.4 Å². The summed E-state index contributed by atoms with van der Waals surface area (Å²) in [6.07, 6.45) is 0. The minimum atomic E-state index is 0.345. The molecule has 0 amide bonds. The number of anilines is 1. The fourth-order valence-electron chi connectivity index (χ4n) is 0.878. The highest BCUT2D eigenvalue weighted by Crippen LogP contribution is 2.05. The van der Waals surface area contributed by atoms with Gasteiger partial charge in [0.25, 0.3) is 0 Å². The summed E-state index contributed by atoms with van der Waals surface area (Å²) in [5.41, 5.74) is 6.59. The number of hydrogen-bond donors (Lipinski definition) is 2. The Bertz CT molecular complexity index is 196. The molecule has 0 aromatic heterocycles. The Hall–Kier alpha value is -1.02. The molecule has 2 heteroatoms. The van der Waals surface area contributed by atoms with Crippen molar-refractivity contribution in [2.45, 2.75) is 13.0 Å². The van der Waals surface area contributed by atoms with Crippen molar-refractivity contribution in [1.29, 1.82) is 0 Å². The molecule has 0 radical (unpaired) electrons. The topological polar surface area (TPSA) is 38.0 Å². The van der Waals surface area contributed by atoms with Crippen molar-refractivity contribution in [2.24, 2.45) is 5.73 Å². The zero-order chi connectivity index (χ0) is 8.10. The van der Waals surface area contributed by atoms with Gasteiger partial charge >= 0.3 is 0 Å². The molecule has 0 aliphatic carbocycles.